The number of allylic oxidation sites excluding steroid dienone is 3. The number of rotatable bonds is 8. The largest absolute Gasteiger partial charge is 0.385 e. The fourth-order valence-electron chi connectivity index (χ4n) is 2.11. The molecule has 130 valence electrons. The van der Waals surface area contributed by atoms with Gasteiger partial charge in [0.1, 0.15) is 0 Å². The van der Waals surface area contributed by atoms with Crippen LogP contribution in [0.25, 0.3) is 0 Å². The number of Topliss-reactive ketones (excluding diaryl/α,β-unsaturated/α-hetero) is 1. The molecule has 1 atom stereocenters. The van der Waals surface area contributed by atoms with Crippen LogP contribution in [0.3, 0.4) is 0 Å². The van der Waals surface area contributed by atoms with E-state index in [9.17, 15) is 9.59 Å². The molecular weight excluding hydrogens is 304 g/mol. The standard InChI is InChI=1S/C19H26N2O3/c1-13(2)12-20-17-8-6-16(7-9-17)19(23)15(4)11-14(3)5-10-18(22)21-24/h5-11,13,15,20,24H,12H2,1-4H3,(H,21,22)/b10-5+,14-11+/t15-/m1/s1. The fraction of sp³-hybridized carbons (Fsp3) is 0.368. The molecule has 1 aromatic rings. The lowest BCUT2D eigenvalue weighted by atomic mass is 9.97. The van der Waals surface area contributed by atoms with Gasteiger partial charge in [0.05, 0.1) is 0 Å². The van der Waals surface area contributed by atoms with Crippen LogP contribution in [0.1, 0.15) is 38.1 Å². The summed E-state index contributed by atoms with van der Waals surface area (Å²) in [6, 6.07) is 7.45. The summed E-state index contributed by atoms with van der Waals surface area (Å²) in [5.41, 5.74) is 3.94. The maximum absolute atomic E-state index is 12.4. The van der Waals surface area contributed by atoms with Crippen LogP contribution in [0.5, 0.6) is 0 Å². The van der Waals surface area contributed by atoms with Crippen LogP contribution >= 0.6 is 0 Å². The molecule has 0 radical (unpaired) electrons. The molecule has 0 aromatic heterocycles. The number of hydrogen-bond donors (Lipinski definition) is 3. The summed E-state index contributed by atoms with van der Waals surface area (Å²) in [7, 11) is 0. The molecule has 5 nitrogen and oxygen atoms in total. The Hall–Kier alpha value is -2.40. The van der Waals surface area contributed by atoms with E-state index in [0.29, 0.717) is 11.5 Å². The van der Waals surface area contributed by atoms with Gasteiger partial charge >= 0.3 is 0 Å². The molecule has 1 aromatic carbocycles. The van der Waals surface area contributed by atoms with Crippen molar-refractivity contribution in [2.45, 2.75) is 27.7 Å². The minimum atomic E-state index is -0.605. The topological polar surface area (TPSA) is 78.4 Å². The lowest BCUT2D eigenvalue weighted by molar-refractivity contribution is -0.124. The highest BCUT2D eigenvalue weighted by Crippen LogP contribution is 2.16. The average Bonchev–Trinajstić information content (AvgIpc) is 2.57. The monoisotopic (exact) mass is 330 g/mol. The van der Waals surface area contributed by atoms with Gasteiger partial charge in [0.2, 0.25) is 0 Å². The van der Waals surface area contributed by atoms with Gasteiger partial charge in [0.15, 0.2) is 5.78 Å². The molecule has 1 amide bonds. The smallest absolute Gasteiger partial charge is 0.267 e. The van der Waals surface area contributed by atoms with E-state index >= 15 is 0 Å². The second-order valence-electron chi connectivity index (χ2n) is 6.23. The molecular formula is C19H26N2O3. The first-order chi connectivity index (χ1) is 11.3. The summed E-state index contributed by atoms with van der Waals surface area (Å²) in [6.45, 7) is 8.78. The third kappa shape index (κ3) is 6.79. The van der Waals surface area contributed by atoms with Crippen molar-refractivity contribution < 1.29 is 14.8 Å². The first kappa shape index (κ1) is 19.6. The van der Waals surface area contributed by atoms with Crippen molar-refractivity contribution in [2.24, 2.45) is 11.8 Å². The third-order valence-electron chi connectivity index (χ3n) is 3.42. The lowest BCUT2D eigenvalue weighted by Crippen LogP contribution is -2.15. The van der Waals surface area contributed by atoms with E-state index in [-0.39, 0.29) is 11.7 Å². The molecule has 0 fully saturated rings. The number of amides is 1. The third-order valence-corrected chi connectivity index (χ3v) is 3.42. The number of ketones is 1. The van der Waals surface area contributed by atoms with Crippen molar-refractivity contribution >= 4 is 17.4 Å². The van der Waals surface area contributed by atoms with Crippen molar-refractivity contribution in [1.29, 1.82) is 0 Å². The Labute approximate surface area is 143 Å². The van der Waals surface area contributed by atoms with E-state index < -0.39 is 5.91 Å². The van der Waals surface area contributed by atoms with Crippen molar-refractivity contribution in [3.05, 3.63) is 53.6 Å². The SMILES string of the molecule is CC(/C=C/C(=O)NO)=C\[C@@H](C)C(=O)c1ccc(NCC(C)C)cc1. The lowest BCUT2D eigenvalue weighted by Gasteiger charge is -2.10. The summed E-state index contributed by atoms with van der Waals surface area (Å²) < 4.78 is 0. The van der Waals surface area contributed by atoms with E-state index in [1.807, 2.05) is 31.2 Å². The van der Waals surface area contributed by atoms with Crippen molar-refractivity contribution in [3.63, 3.8) is 0 Å². The number of carbonyl (C=O) groups excluding carboxylic acids is 2. The highest BCUT2D eigenvalue weighted by molar-refractivity contribution is 5.99. The number of nitrogens with one attached hydrogen (secondary N) is 2. The number of carbonyl (C=O) groups is 2. The van der Waals surface area contributed by atoms with Crippen molar-refractivity contribution in [3.8, 4) is 0 Å². The minimum absolute atomic E-state index is 0.0183. The molecule has 0 bridgehead atoms. The predicted molar refractivity (Wildman–Crippen MR) is 96.1 cm³/mol. The molecule has 0 saturated carbocycles. The summed E-state index contributed by atoms with van der Waals surface area (Å²) in [4.78, 5) is 23.4. The maximum atomic E-state index is 12.4. The Morgan fingerprint density at radius 1 is 1.12 bits per heavy atom. The summed E-state index contributed by atoms with van der Waals surface area (Å²) in [5, 5.41) is 11.7. The zero-order valence-electron chi connectivity index (χ0n) is 14.7. The molecule has 1 rings (SSSR count). The van der Waals surface area contributed by atoms with Gasteiger partial charge in [-0.2, -0.15) is 0 Å². The first-order valence-electron chi connectivity index (χ1n) is 8.02. The second-order valence-corrected chi connectivity index (χ2v) is 6.23. The van der Waals surface area contributed by atoms with Crippen LogP contribution in [0.2, 0.25) is 0 Å². The van der Waals surface area contributed by atoms with Crippen LogP contribution in [-0.2, 0) is 4.79 Å². The van der Waals surface area contributed by atoms with Gasteiger partial charge in [-0.25, -0.2) is 5.48 Å². The molecule has 0 unspecified atom stereocenters. The molecule has 0 aliphatic carbocycles. The molecule has 0 heterocycles. The van der Waals surface area contributed by atoms with Crippen LogP contribution in [-0.4, -0.2) is 23.4 Å². The van der Waals surface area contributed by atoms with Crippen LogP contribution < -0.4 is 10.8 Å². The summed E-state index contributed by atoms with van der Waals surface area (Å²) in [5.74, 6) is -0.335. The normalized spacial score (nSPS) is 13.2. The highest BCUT2D eigenvalue weighted by Gasteiger charge is 2.13. The summed E-state index contributed by atoms with van der Waals surface area (Å²) >= 11 is 0. The molecule has 0 spiro atoms. The zero-order chi connectivity index (χ0) is 18.1. The van der Waals surface area contributed by atoms with Crippen molar-refractivity contribution in [1.82, 2.24) is 5.48 Å². The van der Waals surface area contributed by atoms with Crippen LogP contribution in [0.4, 0.5) is 5.69 Å². The summed E-state index contributed by atoms with van der Waals surface area (Å²) in [6.07, 6.45) is 4.54. The van der Waals surface area contributed by atoms with Crippen LogP contribution in [0, 0.1) is 11.8 Å². The quantitative estimate of drug-likeness (QED) is 0.224. The Morgan fingerprint density at radius 3 is 2.29 bits per heavy atom. The van der Waals surface area contributed by atoms with Gasteiger partial charge in [-0.15, -0.1) is 0 Å². The van der Waals surface area contributed by atoms with Gasteiger partial charge in [0, 0.05) is 29.8 Å². The zero-order valence-corrected chi connectivity index (χ0v) is 14.7. The number of hydroxylamine groups is 1. The van der Waals surface area contributed by atoms with Gasteiger partial charge in [-0.3, -0.25) is 14.8 Å². The Morgan fingerprint density at radius 2 is 1.75 bits per heavy atom. The van der Waals surface area contributed by atoms with E-state index in [0.717, 1.165) is 17.8 Å². The minimum Gasteiger partial charge on any atom is -0.385 e. The average molecular weight is 330 g/mol. The van der Waals surface area contributed by atoms with Gasteiger partial charge in [-0.1, -0.05) is 38.5 Å². The molecule has 5 heteroatoms. The molecule has 0 aliphatic rings. The molecule has 24 heavy (non-hydrogen) atoms. The second kappa shape index (κ2) is 9.67. The van der Waals surface area contributed by atoms with E-state index in [1.165, 1.54) is 11.6 Å². The van der Waals surface area contributed by atoms with Gasteiger partial charge in [0.25, 0.3) is 5.91 Å². The highest BCUT2D eigenvalue weighted by atomic mass is 16.5. The Balaban J connectivity index is 2.71. The maximum Gasteiger partial charge on any atom is 0.267 e. The number of anilines is 1. The number of benzene rings is 1. The Kier molecular flexibility index (Phi) is 7.92. The first-order valence-corrected chi connectivity index (χ1v) is 8.02. The van der Waals surface area contributed by atoms with E-state index in [2.05, 4.69) is 19.2 Å². The number of hydrogen-bond acceptors (Lipinski definition) is 4. The fourth-order valence-corrected chi connectivity index (χ4v) is 2.11. The predicted octanol–water partition coefficient (Wildman–Crippen LogP) is 3.58. The molecule has 0 aliphatic heterocycles. The van der Waals surface area contributed by atoms with Crippen molar-refractivity contribution in [2.75, 3.05) is 11.9 Å². The van der Waals surface area contributed by atoms with Gasteiger partial charge in [-0.05, 0) is 37.1 Å². The van der Waals surface area contributed by atoms with Gasteiger partial charge < -0.3 is 5.32 Å². The van der Waals surface area contributed by atoms with E-state index in [4.69, 9.17) is 5.21 Å². The molecule has 3 N–H and O–H groups in total. The van der Waals surface area contributed by atoms with E-state index in [1.54, 1.807) is 19.1 Å². The Bertz CT molecular complexity index is 616. The molecule has 0 saturated heterocycles. The van der Waals surface area contributed by atoms with Crippen LogP contribution in [0.15, 0.2) is 48.1 Å².